The molecule has 4 rings (SSSR count). The second-order valence-corrected chi connectivity index (χ2v) is 7.71. The summed E-state index contributed by atoms with van der Waals surface area (Å²) < 4.78 is 24.1. The van der Waals surface area contributed by atoms with E-state index in [9.17, 15) is 9.18 Å². The maximum Gasteiger partial charge on any atom is 0.274 e. The van der Waals surface area contributed by atoms with Crippen LogP contribution in [0.4, 0.5) is 15.8 Å². The molecule has 0 atom stereocenters. The summed E-state index contributed by atoms with van der Waals surface area (Å²) in [6, 6.07) is 6.72. The largest absolute Gasteiger partial charge is 0.474 e. The van der Waals surface area contributed by atoms with E-state index in [4.69, 9.17) is 14.6 Å². The fraction of sp³-hybridized carbons (Fsp3) is 0.333. The molecule has 34 heavy (non-hydrogen) atoms. The Kier molecular flexibility index (Phi) is 7.61. The molecule has 10 heteroatoms. The van der Waals surface area contributed by atoms with Gasteiger partial charge in [-0.2, -0.15) is 0 Å². The van der Waals surface area contributed by atoms with Crippen molar-refractivity contribution < 1.29 is 23.8 Å². The number of rotatable bonds is 8. The maximum absolute atomic E-state index is 12.9. The van der Waals surface area contributed by atoms with E-state index < -0.39 is 12.6 Å². The Labute approximate surface area is 196 Å². The third-order valence-electron chi connectivity index (χ3n) is 5.38. The molecular formula is C24H26FN5O4. The van der Waals surface area contributed by atoms with Crippen molar-refractivity contribution in [3.63, 3.8) is 0 Å². The summed E-state index contributed by atoms with van der Waals surface area (Å²) >= 11 is 0. The van der Waals surface area contributed by atoms with Gasteiger partial charge in [0.2, 0.25) is 5.88 Å². The van der Waals surface area contributed by atoms with E-state index in [0.29, 0.717) is 43.4 Å². The molecule has 1 aliphatic heterocycles. The number of alkyl halides is 1. The average Bonchev–Trinajstić information content (AvgIpc) is 2.89. The summed E-state index contributed by atoms with van der Waals surface area (Å²) in [6.45, 7) is 3.82. The third kappa shape index (κ3) is 5.46. The van der Waals surface area contributed by atoms with E-state index in [0.717, 1.165) is 22.5 Å². The Morgan fingerprint density at radius 2 is 2.03 bits per heavy atom. The van der Waals surface area contributed by atoms with E-state index in [1.165, 1.54) is 18.3 Å². The first-order valence-corrected chi connectivity index (χ1v) is 10.9. The third-order valence-corrected chi connectivity index (χ3v) is 5.38. The van der Waals surface area contributed by atoms with Gasteiger partial charge in [0, 0.05) is 42.3 Å². The number of hydrogen-bond acceptors (Lipinski definition) is 8. The van der Waals surface area contributed by atoms with E-state index in [-0.39, 0.29) is 18.9 Å². The van der Waals surface area contributed by atoms with E-state index >= 15 is 0 Å². The van der Waals surface area contributed by atoms with Gasteiger partial charge in [0.1, 0.15) is 24.7 Å². The highest BCUT2D eigenvalue weighted by Crippen LogP contribution is 2.33. The highest BCUT2D eigenvalue weighted by atomic mass is 19.1. The molecule has 0 saturated carbocycles. The van der Waals surface area contributed by atoms with Crippen molar-refractivity contribution in [3.8, 4) is 17.0 Å². The molecule has 3 aromatic rings. The zero-order valence-electron chi connectivity index (χ0n) is 18.8. The minimum Gasteiger partial charge on any atom is -0.474 e. The van der Waals surface area contributed by atoms with Crippen LogP contribution in [0.2, 0.25) is 0 Å². The number of aliphatic hydroxyl groups is 1. The lowest BCUT2D eigenvalue weighted by molar-refractivity contribution is 0.102. The van der Waals surface area contributed by atoms with Crippen molar-refractivity contribution in [3.05, 3.63) is 59.8 Å². The number of amides is 1. The Hall–Kier alpha value is -3.63. The summed E-state index contributed by atoms with van der Waals surface area (Å²) in [5.74, 6) is -0.0135. The first-order chi connectivity index (χ1) is 16.6. The van der Waals surface area contributed by atoms with Crippen LogP contribution in [0.5, 0.6) is 5.88 Å². The van der Waals surface area contributed by atoms with Crippen LogP contribution in [0.15, 0.2) is 42.9 Å². The number of anilines is 2. The number of aliphatic hydroxyl groups excluding tert-OH is 1. The van der Waals surface area contributed by atoms with Gasteiger partial charge < -0.3 is 24.8 Å². The van der Waals surface area contributed by atoms with E-state index in [2.05, 4.69) is 25.2 Å². The van der Waals surface area contributed by atoms with Gasteiger partial charge >= 0.3 is 0 Å². The molecular weight excluding hydrogens is 441 g/mol. The zero-order chi connectivity index (χ0) is 23.9. The molecule has 9 nitrogen and oxygen atoms in total. The molecule has 178 valence electrons. The highest BCUT2D eigenvalue weighted by Gasteiger charge is 2.19. The molecule has 4 heterocycles. The molecule has 1 saturated heterocycles. The number of pyridine rings is 3. The first kappa shape index (κ1) is 23.5. The van der Waals surface area contributed by atoms with Crippen LogP contribution in [0.3, 0.4) is 0 Å². The number of aryl methyl sites for hydroxylation is 1. The molecule has 0 radical (unpaired) electrons. The minimum absolute atomic E-state index is 0.111. The molecule has 1 amide bonds. The van der Waals surface area contributed by atoms with Crippen LogP contribution in [0.25, 0.3) is 11.1 Å². The molecule has 1 aliphatic rings. The van der Waals surface area contributed by atoms with Crippen molar-refractivity contribution >= 4 is 17.3 Å². The van der Waals surface area contributed by atoms with Crippen molar-refractivity contribution in [1.82, 2.24) is 15.0 Å². The lowest BCUT2D eigenvalue weighted by Crippen LogP contribution is -2.36. The molecule has 1 fully saturated rings. The Bertz CT molecular complexity index is 1150. The number of morpholine rings is 1. The highest BCUT2D eigenvalue weighted by molar-refractivity contribution is 6.03. The molecule has 0 aliphatic carbocycles. The van der Waals surface area contributed by atoms with Crippen LogP contribution in [-0.2, 0) is 11.4 Å². The summed E-state index contributed by atoms with van der Waals surface area (Å²) in [5, 5.41) is 11.9. The smallest absolute Gasteiger partial charge is 0.274 e. The fourth-order valence-electron chi connectivity index (χ4n) is 3.64. The molecule has 3 aromatic heterocycles. The number of hydrogen-bond donors (Lipinski definition) is 2. The van der Waals surface area contributed by atoms with Gasteiger partial charge in [-0.25, -0.2) is 9.37 Å². The zero-order valence-corrected chi connectivity index (χ0v) is 18.8. The van der Waals surface area contributed by atoms with Gasteiger partial charge in [0.15, 0.2) is 0 Å². The number of ether oxygens (including phenoxy) is 2. The van der Waals surface area contributed by atoms with Crippen molar-refractivity contribution in [2.75, 3.05) is 49.7 Å². The van der Waals surface area contributed by atoms with Crippen LogP contribution in [-0.4, -0.2) is 65.5 Å². The number of nitrogens with one attached hydrogen (secondary N) is 1. The Morgan fingerprint density at radius 3 is 2.79 bits per heavy atom. The summed E-state index contributed by atoms with van der Waals surface area (Å²) in [5.41, 5.74) is 4.14. The molecule has 0 bridgehead atoms. The molecule has 2 N–H and O–H groups in total. The SMILES string of the molecule is Cc1ncc(NC(=O)c2cc(CF)ccn2)cc1-c1cnc(OCCO)c(N2CCOCC2)c1. The lowest BCUT2D eigenvalue weighted by Gasteiger charge is -2.30. The van der Waals surface area contributed by atoms with Gasteiger partial charge in [-0.05, 0) is 36.8 Å². The van der Waals surface area contributed by atoms with Gasteiger partial charge in [0.05, 0.1) is 31.7 Å². The van der Waals surface area contributed by atoms with Gasteiger partial charge in [0.25, 0.3) is 5.91 Å². The quantitative estimate of drug-likeness (QED) is 0.521. The minimum atomic E-state index is -0.671. The fourth-order valence-corrected chi connectivity index (χ4v) is 3.64. The number of halogens is 1. The van der Waals surface area contributed by atoms with Crippen LogP contribution in [0.1, 0.15) is 21.7 Å². The van der Waals surface area contributed by atoms with Crippen molar-refractivity contribution in [2.45, 2.75) is 13.6 Å². The van der Waals surface area contributed by atoms with Gasteiger partial charge in [-0.1, -0.05) is 0 Å². The summed E-state index contributed by atoms with van der Waals surface area (Å²) in [4.78, 5) is 27.7. The predicted molar refractivity (Wildman–Crippen MR) is 125 cm³/mol. The molecule has 0 spiro atoms. The summed E-state index contributed by atoms with van der Waals surface area (Å²) in [7, 11) is 0. The second kappa shape index (κ2) is 11.0. The monoisotopic (exact) mass is 467 g/mol. The van der Waals surface area contributed by atoms with Crippen LogP contribution < -0.4 is 15.0 Å². The van der Waals surface area contributed by atoms with Gasteiger partial charge in [-0.3, -0.25) is 14.8 Å². The maximum atomic E-state index is 12.9. The van der Waals surface area contributed by atoms with Gasteiger partial charge in [-0.15, -0.1) is 0 Å². The lowest BCUT2D eigenvalue weighted by atomic mass is 10.0. The van der Waals surface area contributed by atoms with E-state index in [1.54, 1.807) is 12.4 Å². The topological polar surface area (TPSA) is 110 Å². The summed E-state index contributed by atoms with van der Waals surface area (Å²) in [6.07, 6.45) is 4.64. The van der Waals surface area contributed by atoms with E-state index in [1.807, 2.05) is 19.1 Å². The number of carbonyl (C=O) groups is 1. The van der Waals surface area contributed by atoms with Crippen LogP contribution in [0, 0.1) is 6.92 Å². The number of nitrogens with zero attached hydrogens (tertiary/aromatic N) is 4. The normalized spacial score (nSPS) is 13.6. The standard InChI is InChI=1S/C24H26FN5O4/c1-16-20(12-19(15-27-16)29-23(32)21-10-17(13-25)2-3-26-21)18-11-22(30-4-7-33-8-5-30)24(28-14-18)34-9-6-31/h2-3,10-12,14-15,31H,4-9,13H2,1H3,(H,29,32). The average molecular weight is 468 g/mol. The molecule has 0 aromatic carbocycles. The van der Waals surface area contributed by atoms with Crippen LogP contribution >= 0.6 is 0 Å². The Balaban J connectivity index is 1.63. The predicted octanol–water partition coefficient (Wildman–Crippen LogP) is 2.78. The number of carbonyl (C=O) groups excluding carboxylic acids is 1. The van der Waals surface area contributed by atoms with Crippen molar-refractivity contribution in [1.29, 1.82) is 0 Å². The number of aromatic nitrogens is 3. The molecule has 0 unspecified atom stereocenters. The Morgan fingerprint density at radius 1 is 1.21 bits per heavy atom. The second-order valence-electron chi connectivity index (χ2n) is 7.71. The first-order valence-electron chi connectivity index (χ1n) is 10.9. The van der Waals surface area contributed by atoms with Crippen molar-refractivity contribution in [2.24, 2.45) is 0 Å².